The number of ether oxygens (including phenoxy) is 4. The molecule has 2 aliphatic heterocycles. The van der Waals surface area contributed by atoms with Gasteiger partial charge in [-0.1, -0.05) is 38.8 Å². The highest BCUT2D eigenvalue weighted by Gasteiger charge is 2.50. The molecule has 2 atom stereocenters. The van der Waals surface area contributed by atoms with Gasteiger partial charge >= 0.3 is 6.11 Å². The Balaban J connectivity index is 1.53. The van der Waals surface area contributed by atoms with Crippen molar-refractivity contribution in [1.29, 1.82) is 0 Å². The zero-order chi connectivity index (χ0) is 20.9. The van der Waals surface area contributed by atoms with Gasteiger partial charge in [0.05, 0.1) is 25.9 Å². The maximum Gasteiger partial charge on any atom is 0.451 e. The van der Waals surface area contributed by atoms with Crippen molar-refractivity contribution in [2.24, 2.45) is 5.92 Å². The van der Waals surface area contributed by atoms with Crippen LogP contribution in [0.25, 0.3) is 0 Å². The third-order valence-corrected chi connectivity index (χ3v) is 5.53. The molecular weight excluding hydrogens is 385 g/mol. The summed E-state index contributed by atoms with van der Waals surface area (Å²) in [6.45, 7) is 3.86. The fourth-order valence-electron chi connectivity index (χ4n) is 3.99. The summed E-state index contributed by atoms with van der Waals surface area (Å²) in [5.41, 5.74) is -0.776. The van der Waals surface area contributed by atoms with E-state index in [-0.39, 0.29) is 18.3 Å². The van der Waals surface area contributed by atoms with E-state index in [2.05, 4.69) is 6.92 Å². The Morgan fingerprint density at radius 2 is 1.72 bits per heavy atom. The van der Waals surface area contributed by atoms with Gasteiger partial charge in [-0.3, -0.25) is 0 Å². The molecule has 2 unspecified atom stereocenters. The second-order valence-corrected chi connectivity index (χ2v) is 8.14. The minimum Gasteiger partial charge on any atom is -0.429 e. The van der Waals surface area contributed by atoms with Crippen LogP contribution in [-0.4, -0.2) is 37.9 Å². The third kappa shape index (κ3) is 5.86. The molecule has 2 heterocycles. The number of hydrogen-bond donors (Lipinski definition) is 0. The summed E-state index contributed by atoms with van der Waals surface area (Å²) < 4.78 is 63.7. The molecule has 2 aliphatic rings. The molecule has 164 valence electrons. The van der Waals surface area contributed by atoms with Crippen molar-refractivity contribution in [3.8, 4) is 5.75 Å². The fraction of sp³-hybridized carbons (Fsp3) is 0.727. The predicted octanol–water partition coefficient (Wildman–Crippen LogP) is 5.81. The molecule has 3 rings (SSSR count). The van der Waals surface area contributed by atoms with Gasteiger partial charge in [0.1, 0.15) is 5.75 Å². The number of benzene rings is 1. The highest BCUT2D eigenvalue weighted by molar-refractivity contribution is 5.29. The SMILES string of the molecule is CCCC1CCC(c2ccc(OC(F)(F)C3OCC(F)(CCC)CO3)cc2)OC1. The fourth-order valence-corrected chi connectivity index (χ4v) is 3.99. The lowest BCUT2D eigenvalue weighted by Crippen LogP contribution is -2.52. The second-order valence-electron chi connectivity index (χ2n) is 8.14. The molecule has 2 fully saturated rings. The molecular formula is C22H31F3O4. The van der Waals surface area contributed by atoms with E-state index in [1.54, 1.807) is 12.1 Å². The minimum absolute atomic E-state index is 0.00346. The quantitative estimate of drug-likeness (QED) is 0.536. The first-order valence-electron chi connectivity index (χ1n) is 10.6. The average Bonchev–Trinajstić information content (AvgIpc) is 2.70. The van der Waals surface area contributed by atoms with Gasteiger partial charge in [0.15, 0.2) is 5.67 Å². The molecule has 1 aromatic carbocycles. The predicted molar refractivity (Wildman–Crippen MR) is 103 cm³/mol. The van der Waals surface area contributed by atoms with E-state index < -0.39 is 31.3 Å². The standard InChI is InChI=1S/C22H31F3O4/c1-3-5-16-6-11-19(26-13-16)17-7-9-18(10-8-17)29-22(24,25)20-27-14-21(23,12-4-2)15-28-20/h7-10,16,19-20H,3-6,11-15H2,1-2H3. The lowest BCUT2D eigenvalue weighted by atomic mass is 9.92. The first kappa shape index (κ1) is 22.4. The second kappa shape index (κ2) is 9.67. The van der Waals surface area contributed by atoms with E-state index in [4.69, 9.17) is 18.9 Å². The number of alkyl halides is 3. The van der Waals surface area contributed by atoms with E-state index in [1.807, 2.05) is 6.92 Å². The van der Waals surface area contributed by atoms with Gasteiger partial charge < -0.3 is 18.9 Å². The zero-order valence-corrected chi connectivity index (χ0v) is 17.2. The highest BCUT2D eigenvalue weighted by Crippen LogP contribution is 2.36. The van der Waals surface area contributed by atoms with E-state index in [0.29, 0.717) is 12.3 Å². The lowest BCUT2D eigenvalue weighted by Gasteiger charge is -2.36. The van der Waals surface area contributed by atoms with Gasteiger partial charge in [-0.2, -0.15) is 8.78 Å². The van der Waals surface area contributed by atoms with Crippen LogP contribution >= 0.6 is 0 Å². The van der Waals surface area contributed by atoms with Crippen LogP contribution in [0.2, 0.25) is 0 Å². The summed E-state index contributed by atoms with van der Waals surface area (Å²) in [6, 6.07) is 6.47. The molecule has 0 aromatic heterocycles. The van der Waals surface area contributed by atoms with Crippen molar-refractivity contribution in [1.82, 2.24) is 0 Å². The van der Waals surface area contributed by atoms with E-state index >= 15 is 0 Å². The average molecular weight is 416 g/mol. The zero-order valence-electron chi connectivity index (χ0n) is 17.2. The molecule has 0 N–H and O–H groups in total. The molecule has 0 spiro atoms. The number of rotatable bonds is 8. The summed E-state index contributed by atoms with van der Waals surface area (Å²) in [5, 5.41) is 0. The van der Waals surface area contributed by atoms with Crippen LogP contribution in [0, 0.1) is 5.92 Å². The van der Waals surface area contributed by atoms with Crippen molar-refractivity contribution < 1.29 is 32.1 Å². The van der Waals surface area contributed by atoms with Crippen LogP contribution in [0.15, 0.2) is 24.3 Å². The molecule has 29 heavy (non-hydrogen) atoms. The van der Waals surface area contributed by atoms with Crippen LogP contribution in [0.4, 0.5) is 13.2 Å². The Kier molecular flexibility index (Phi) is 7.46. The Morgan fingerprint density at radius 1 is 1.03 bits per heavy atom. The van der Waals surface area contributed by atoms with E-state index in [1.165, 1.54) is 18.6 Å². The van der Waals surface area contributed by atoms with Crippen LogP contribution in [-0.2, 0) is 14.2 Å². The van der Waals surface area contributed by atoms with Crippen molar-refractivity contribution in [2.75, 3.05) is 19.8 Å². The molecule has 4 nitrogen and oxygen atoms in total. The molecule has 0 aliphatic carbocycles. The van der Waals surface area contributed by atoms with Crippen LogP contribution < -0.4 is 4.74 Å². The maximum atomic E-state index is 14.4. The van der Waals surface area contributed by atoms with Gasteiger partial charge in [0.2, 0.25) is 0 Å². The van der Waals surface area contributed by atoms with Gasteiger partial charge in [0.25, 0.3) is 6.29 Å². The Bertz CT molecular complexity index is 621. The van der Waals surface area contributed by atoms with Crippen LogP contribution in [0.5, 0.6) is 5.75 Å². The normalized spacial score (nSPS) is 30.9. The van der Waals surface area contributed by atoms with E-state index in [9.17, 15) is 13.2 Å². The Labute approximate surface area is 170 Å². The summed E-state index contributed by atoms with van der Waals surface area (Å²) >= 11 is 0. The van der Waals surface area contributed by atoms with Crippen LogP contribution in [0.3, 0.4) is 0 Å². The lowest BCUT2D eigenvalue weighted by molar-refractivity contribution is -0.362. The van der Waals surface area contributed by atoms with Crippen LogP contribution in [0.1, 0.15) is 64.0 Å². The van der Waals surface area contributed by atoms with Crippen molar-refractivity contribution >= 4 is 0 Å². The molecule has 0 radical (unpaired) electrons. The third-order valence-electron chi connectivity index (χ3n) is 5.53. The van der Waals surface area contributed by atoms with Gasteiger partial charge in [-0.25, -0.2) is 4.39 Å². The van der Waals surface area contributed by atoms with Gasteiger partial charge in [0, 0.05) is 0 Å². The van der Waals surface area contributed by atoms with Crippen molar-refractivity contribution in [2.45, 2.75) is 76.5 Å². The summed E-state index contributed by atoms with van der Waals surface area (Å²) in [4.78, 5) is 0. The topological polar surface area (TPSA) is 36.9 Å². The monoisotopic (exact) mass is 416 g/mol. The minimum atomic E-state index is -3.72. The first-order valence-corrected chi connectivity index (χ1v) is 10.6. The van der Waals surface area contributed by atoms with Gasteiger partial charge in [-0.05, 0) is 49.3 Å². The molecule has 0 bridgehead atoms. The summed E-state index contributed by atoms with van der Waals surface area (Å²) in [5.74, 6) is 0.602. The molecule has 0 amide bonds. The molecule has 2 saturated heterocycles. The molecule has 1 aromatic rings. The highest BCUT2D eigenvalue weighted by atomic mass is 19.3. The molecule has 7 heteroatoms. The summed E-state index contributed by atoms with van der Waals surface area (Å²) in [6.07, 6.45) is -0.525. The van der Waals surface area contributed by atoms with Crippen molar-refractivity contribution in [3.05, 3.63) is 29.8 Å². The number of hydrogen-bond acceptors (Lipinski definition) is 4. The first-order chi connectivity index (χ1) is 13.8. The van der Waals surface area contributed by atoms with Gasteiger partial charge in [-0.15, -0.1) is 0 Å². The van der Waals surface area contributed by atoms with E-state index in [0.717, 1.165) is 31.4 Å². The Hall–Kier alpha value is -1.31. The van der Waals surface area contributed by atoms with Crippen molar-refractivity contribution in [3.63, 3.8) is 0 Å². The molecule has 0 saturated carbocycles. The number of halogens is 3. The summed E-state index contributed by atoms with van der Waals surface area (Å²) in [7, 11) is 0. The largest absolute Gasteiger partial charge is 0.451 e. The maximum absolute atomic E-state index is 14.4. The smallest absolute Gasteiger partial charge is 0.429 e. The Morgan fingerprint density at radius 3 is 2.28 bits per heavy atom.